The Balaban J connectivity index is 1.20. The number of hydrogen-bond acceptors (Lipinski definition) is 7. The molecule has 4 heterocycles. The van der Waals surface area contributed by atoms with Crippen LogP contribution >= 0.6 is 11.6 Å². The largest absolute Gasteiger partial charge is 0.389 e. The lowest BCUT2D eigenvalue weighted by Crippen LogP contribution is -2.56. The van der Waals surface area contributed by atoms with E-state index in [0.717, 1.165) is 42.4 Å². The Morgan fingerprint density at radius 2 is 1.97 bits per heavy atom. The third kappa shape index (κ3) is 4.04. The number of hydrogen-bond donors (Lipinski definition) is 2. The van der Waals surface area contributed by atoms with Gasteiger partial charge in [0.1, 0.15) is 6.04 Å². The van der Waals surface area contributed by atoms with Crippen LogP contribution in [0.25, 0.3) is 10.9 Å². The van der Waals surface area contributed by atoms with E-state index in [4.69, 9.17) is 16.3 Å². The van der Waals surface area contributed by atoms with E-state index >= 15 is 0 Å². The summed E-state index contributed by atoms with van der Waals surface area (Å²) in [5, 5.41) is 19.2. The van der Waals surface area contributed by atoms with Crippen molar-refractivity contribution in [1.29, 1.82) is 0 Å². The first-order valence-electron chi connectivity index (χ1n) is 12.3. The molecule has 0 bridgehead atoms. The smallest absolute Gasteiger partial charge is 0.272 e. The van der Waals surface area contributed by atoms with Crippen LogP contribution < -0.4 is 5.32 Å². The van der Waals surface area contributed by atoms with Crippen molar-refractivity contribution in [2.45, 2.75) is 62.6 Å². The molecule has 1 saturated carbocycles. The number of piperidine rings is 1. The molecule has 3 aromatic rings. The third-order valence-corrected chi connectivity index (χ3v) is 8.45. The quantitative estimate of drug-likeness (QED) is 0.516. The van der Waals surface area contributed by atoms with Crippen molar-refractivity contribution in [3.63, 3.8) is 0 Å². The fourth-order valence-electron chi connectivity index (χ4n) is 5.54. The number of anilines is 2. The van der Waals surface area contributed by atoms with Crippen LogP contribution in [0.4, 0.5) is 20.4 Å². The number of nitrogens with one attached hydrogen (secondary N) is 1. The summed E-state index contributed by atoms with van der Waals surface area (Å²) in [4.78, 5) is 11.4. The van der Waals surface area contributed by atoms with Gasteiger partial charge >= 0.3 is 0 Å². The van der Waals surface area contributed by atoms with Gasteiger partial charge in [-0.25, -0.2) is 18.7 Å². The van der Waals surface area contributed by atoms with Crippen LogP contribution in [-0.4, -0.2) is 73.6 Å². The fraction of sp³-hybridized carbons (Fsp3) is 0.560. The normalized spacial score (nSPS) is 28.6. The van der Waals surface area contributed by atoms with E-state index in [1.54, 1.807) is 13.1 Å². The Hall–Kier alpha value is -2.40. The van der Waals surface area contributed by atoms with E-state index in [0.29, 0.717) is 35.6 Å². The SMILES string of the molecule is Cc1c(Nc2ncc3cc(Cl)c(C4CCN(C5(C)COC[C@H]5O)CC4)cc3n2)cnn1C1CC1(F)F. The third-order valence-electron chi connectivity index (χ3n) is 8.12. The zero-order valence-corrected chi connectivity index (χ0v) is 21.0. The van der Waals surface area contributed by atoms with Crippen LogP contribution in [0.1, 0.15) is 49.4 Å². The highest BCUT2D eigenvalue weighted by molar-refractivity contribution is 6.32. The zero-order valence-electron chi connectivity index (χ0n) is 20.2. The molecule has 8 nitrogen and oxygen atoms in total. The summed E-state index contributed by atoms with van der Waals surface area (Å²) < 4.78 is 33.9. The highest BCUT2D eigenvalue weighted by atomic mass is 35.5. The first-order chi connectivity index (χ1) is 17.2. The Kier molecular flexibility index (Phi) is 5.71. The van der Waals surface area contributed by atoms with Gasteiger partial charge in [-0.05, 0) is 63.4 Å². The van der Waals surface area contributed by atoms with Gasteiger partial charge in [0, 0.05) is 23.0 Å². The molecule has 2 N–H and O–H groups in total. The molecule has 11 heteroatoms. The van der Waals surface area contributed by atoms with E-state index in [9.17, 15) is 13.9 Å². The molecule has 3 aliphatic rings. The number of rotatable bonds is 5. The van der Waals surface area contributed by atoms with E-state index in [1.165, 1.54) is 10.9 Å². The maximum Gasteiger partial charge on any atom is 0.272 e. The summed E-state index contributed by atoms with van der Waals surface area (Å²) >= 11 is 6.69. The van der Waals surface area contributed by atoms with Crippen LogP contribution in [0.3, 0.4) is 0 Å². The zero-order chi connectivity index (χ0) is 25.2. The molecule has 1 aliphatic carbocycles. The van der Waals surface area contributed by atoms with Crippen molar-refractivity contribution in [3.8, 4) is 0 Å². The van der Waals surface area contributed by atoms with E-state index in [2.05, 4.69) is 32.2 Å². The van der Waals surface area contributed by atoms with Gasteiger partial charge in [-0.15, -0.1) is 0 Å². The summed E-state index contributed by atoms with van der Waals surface area (Å²) in [6.45, 7) is 6.47. The van der Waals surface area contributed by atoms with Gasteiger partial charge in [-0.2, -0.15) is 5.10 Å². The number of nitrogens with zero attached hydrogens (tertiary/aromatic N) is 5. The minimum Gasteiger partial charge on any atom is -0.389 e. The van der Waals surface area contributed by atoms with E-state index < -0.39 is 18.1 Å². The summed E-state index contributed by atoms with van der Waals surface area (Å²) in [6, 6.07) is 3.05. The van der Waals surface area contributed by atoms with Gasteiger partial charge in [0.25, 0.3) is 5.92 Å². The molecule has 6 rings (SSSR count). The van der Waals surface area contributed by atoms with Gasteiger partial charge in [-0.1, -0.05) is 11.6 Å². The number of aliphatic hydroxyl groups excluding tert-OH is 1. The maximum atomic E-state index is 13.5. The topological polar surface area (TPSA) is 88.3 Å². The van der Waals surface area contributed by atoms with Crippen molar-refractivity contribution in [1.82, 2.24) is 24.6 Å². The standard InChI is InChI=1S/C25H29ClF2N6O2/c1-14-20(11-30-34(14)21-9-25(21,27)28)32-23-29-10-16-7-18(26)17(8-19(16)31-23)15-3-5-33(6-4-15)24(2)13-36-12-22(24)35/h7-8,10-11,15,21-22,35H,3-6,9,12-13H2,1-2H3,(H,29,31,32)/t21?,22-,24?/m1/s1. The van der Waals surface area contributed by atoms with Crippen LogP contribution in [0.5, 0.6) is 0 Å². The highest BCUT2D eigenvalue weighted by Gasteiger charge is 2.59. The Morgan fingerprint density at radius 3 is 2.64 bits per heavy atom. The molecule has 192 valence electrons. The van der Waals surface area contributed by atoms with Gasteiger partial charge in [0.15, 0.2) is 0 Å². The molecule has 3 fully saturated rings. The first-order valence-corrected chi connectivity index (χ1v) is 12.7. The lowest BCUT2D eigenvalue weighted by molar-refractivity contribution is -0.00211. The number of aliphatic hydroxyl groups is 1. The van der Waals surface area contributed by atoms with E-state index in [-0.39, 0.29) is 17.9 Å². The fourth-order valence-corrected chi connectivity index (χ4v) is 5.87. The van der Waals surface area contributed by atoms with Crippen LogP contribution in [0.15, 0.2) is 24.5 Å². The molecule has 3 atom stereocenters. The lowest BCUT2D eigenvalue weighted by Gasteiger charge is -2.43. The summed E-state index contributed by atoms with van der Waals surface area (Å²) in [7, 11) is 0. The Morgan fingerprint density at radius 1 is 1.22 bits per heavy atom. The molecule has 0 spiro atoms. The van der Waals surface area contributed by atoms with Gasteiger partial charge in [-0.3, -0.25) is 9.58 Å². The average molecular weight is 519 g/mol. The molecule has 2 saturated heterocycles. The molecule has 0 amide bonds. The number of likely N-dealkylation sites (tertiary alicyclic amines) is 1. The van der Waals surface area contributed by atoms with Crippen molar-refractivity contribution < 1.29 is 18.6 Å². The second kappa shape index (κ2) is 8.58. The number of benzene rings is 1. The van der Waals surface area contributed by atoms with Crippen LogP contribution in [0, 0.1) is 6.92 Å². The minimum absolute atomic E-state index is 0.183. The predicted molar refractivity (Wildman–Crippen MR) is 132 cm³/mol. The minimum atomic E-state index is -2.69. The van der Waals surface area contributed by atoms with Gasteiger partial charge in [0.05, 0.1) is 48.0 Å². The van der Waals surface area contributed by atoms with Gasteiger partial charge in [0.2, 0.25) is 5.95 Å². The lowest BCUT2D eigenvalue weighted by atomic mass is 9.85. The molecular formula is C25H29ClF2N6O2. The summed E-state index contributed by atoms with van der Waals surface area (Å²) in [5.74, 6) is -2.03. The number of aromatic nitrogens is 4. The first kappa shape index (κ1) is 24.0. The number of alkyl halides is 2. The highest BCUT2D eigenvalue weighted by Crippen LogP contribution is 2.53. The Bertz CT molecular complexity index is 1310. The molecule has 1 aromatic carbocycles. The number of halogens is 3. The summed E-state index contributed by atoms with van der Waals surface area (Å²) in [5.41, 5.74) is 2.70. The average Bonchev–Trinajstić information content (AvgIpc) is 3.13. The Labute approximate surface area is 212 Å². The van der Waals surface area contributed by atoms with Gasteiger partial charge < -0.3 is 15.2 Å². The summed E-state index contributed by atoms with van der Waals surface area (Å²) in [6.07, 6.45) is 4.43. The van der Waals surface area contributed by atoms with Crippen LogP contribution in [0.2, 0.25) is 5.02 Å². The van der Waals surface area contributed by atoms with Crippen LogP contribution in [-0.2, 0) is 4.74 Å². The van der Waals surface area contributed by atoms with E-state index in [1.807, 2.05) is 12.1 Å². The molecule has 36 heavy (non-hydrogen) atoms. The van der Waals surface area contributed by atoms with Crippen molar-refractivity contribution >= 4 is 34.1 Å². The van der Waals surface area contributed by atoms with Crippen molar-refractivity contribution in [3.05, 3.63) is 40.8 Å². The van der Waals surface area contributed by atoms with Crippen molar-refractivity contribution in [2.24, 2.45) is 0 Å². The molecule has 2 aromatic heterocycles. The number of ether oxygens (including phenoxy) is 1. The predicted octanol–water partition coefficient (Wildman–Crippen LogP) is 4.44. The second-order valence-electron chi connectivity index (χ2n) is 10.5. The molecule has 0 radical (unpaired) electrons. The molecule has 2 aliphatic heterocycles. The number of fused-ring (bicyclic) bond motifs is 1. The second-order valence-corrected chi connectivity index (χ2v) is 10.9. The molecule has 2 unspecified atom stereocenters. The maximum absolute atomic E-state index is 13.5. The van der Waals surface area contributed by atoms with Crippen molar-refractivity contribution in [2.75, 3.05) is 31.6 Å². The molecular weight excluding hydrogens is 490 g/mol. The monoisotopic (exact) mass is 518 g/mol.